The molecule has 0 radical (unpaired) electrons. The summed E-state index contributed by atoms with van der Waals surface area (Å²) in [7, 11) is 0. The molecule has 9 heteroatoms. The van der Waals surface area contributed by atoms with Gasteiger partial charge in [0.25, 0.3) is 5.91 Å². The van der Waals surface area contributed by atoms with Gasteiger partial charge in [-0.15, -0.1) is 0 Å². The Labute approximate surface area is 170 Å². The molecular formula is C20H17ClF2N4O2. The molecule has 0 spiro atoms. The quantitative estimate of drug-likeness (QED) is 0.615. The summed E-state index contributed by atoms with van der Waals surface area (Å²) >= 11 is 6.15. The van der Waals surface area contributed by atoms with Gasteiger partial charge in [-0.3, -0.25) is 9.59 Å². The molecule has 2 N–H and O–H groups in total. The molecule has 0 saturated carbocycles. The Kier molecular flexibility index (Phi) is 6.56. The number of halogens is 3. The average Bonchev–Trinajstić information content (AvgIpc) is 3.10. The van der Waals surface area contributed by atoms with Crippen molar-refractivity contribution >= 4 is 29.2 Å². The molecule has 29 heavy (non-hydrogen) atoms. The Bertz CT molecular complexity index is 1040. The van der Waals surface area contributed by atoms with Crippen LogP contribution in [0, 0.1) is 11.6 Å². The molecule has 6 nitrogen and oxygen atoms in total. The van der Waals surface area contributed by atoms with Gasteiger partial charge in [-0.2, -0.15) is 5.10 Å². The maximum absolute atomic E-state index is 13.6. The number of rotatable bonds is 7. The minimum absolute atomic E-state index is 0.0138. The van der Waals surface area contributed by atoms with Crippen LogP contribution < -0.4 is 10.6 Å². The van der Waals surface area contributed by atoms with Gasteiger partial charge in [-0.05, 0) is 23.8 Å². The first-order chi connectivity index (χ1) is 13.9. The molecule has 0 unspecified atom stereocenters. The van der Waals surface area contributed by atoms with E-state index in [-0.39, 0.29) is 24.4 Å². The minimum Gasteiger partial charge on any atom is -0.351 e. The fraction of sp³-hybridized carbons (Fsp3) is 0.150. The SMILES string of the molecule is O=C(CCNC(=O)c1ccc(F)cc1F)Nc1ccnn1Cc1ccccc1Cl. The minimum atomic E-state index is -0.963. The van der Waals surface area contributed by atoms with Crippen molar-refractivity contribution in [2.75, 3.05) is 11.9 Å². The third kappa shape index (κ3) is 5.39. The van der Waals surface area contributed by atoms with Crippen molar-refractivity contribution in [3.8, 4) is 0 Å². The summed E-state index contributed by atoms with van der Waals surface area (Å²) in [5.41, 5.74) is 0.562. The summed E-state index contributed by atoms with van der Waals surface area (Å²) in [6.45, 7) is 0.364. The summed E-state index contributed by atoms with van der Waals surface area (Å²) in [4.78, 5) is 24.1. The van der Waals surface area contributed by atoms with Gasteiger partial charge in [0.1, 0.15) is 17.5 Å². The molecule has 0 atom stereocenters. The van der Waals surface area contributed by atoms with E-state index in [2.05, 4.69) is 15.7 Å². The van der Waals surface area contributed by atoms with Gasteiger partial charge in [-0.1, -0.05) is 29.8 Å². The molecule has 0 bridgehead atoms. The molecule has 0 aliphatic carbocycles. The van der Waals surface area contributed by atoms with E-state index in [1.165, 1.54) is 0 Å². The number of carbonyl (C=O) groups is 2. The van der Waals surface area contributed by atoms with Crippen molar-refractivity contribution in [1.82, 2.24) is 15.1 Å². The van der Waals surface area contributed by atoms with Crippen molar-refractivity contribution in [2.24, 2.45) is 0 Å². The number of anilines is 1. The maximum atomic E-state index is 13.6. The zero-order valence-corrected chi connectivity index (χ0v) is 15.9. The van der Waals surface area contributed by atoms with E-state index in [0.29, 0.717) is 23.5 Å². The third-order valence-corrected chi connectivity index (χ3v) is 4.44. The van der Waals surface area contributed by atoms with Crippen LogP contribution >= 0.6 is 11.6 Å². The number of carbonyl (C=O) groups excluding carboxylic acids is 2. The maximum Gasteiger partial charge on any atom is 0.254 e. The van der Waals surface area contributed by atoms with E-state index >= 15 is 0 Å². The highest BCUT2D eigenvalue weighted by molar-refractivity contribution is 6.31. The predicted molar refractivity (Wildman–Crippen MR) is 105 cm³/mol. The van der Waals surface area contributed by atoms with Gasteiger partial charge in [0.15, 0.2) is 0 Å². The molecule has 0 saturated heterocycles. The molecule has 2 aromatic carbocycles. The monoisotopic (exact) mass is 418 g/mol. The van der Waals surface area contributed by atoms with Gasteiger partial charge < -0.3 is 10.6 Å². The lowest BCUT2D eigenvalue weighted by atomic mass is 10.2. The van der Waals surface area contributed by atoms with Crippen LogP contribution in [-0.4, -0.2) is 28.1 Å². The van der Waals surface area contributed by atoms with Crippen LogP contribution in [0.4, 0.5) is 14.6 Å². The Hall–Kier alpha value is -3.26. The second-order valence-corrected chi connectivity index (χ2v) is 6.55. The summed E-state index contributed by atoms with van der Waals surface area (Å²) in [5.74, 6) is -2.34. The smallest absolute Gasteiger partial charge is 0.254 e. The van der Waals surface area contributed by atoms with Crippen molar-refractivity contribution in [2.45, 2.75) is 13.0 Å². The van der Waals surface area contributed by atoms with Crippen molar-refractivity contribution in [3.63, 3.8) is 0 Å². The zero-order valence-electron chi connectivity index (χ0n) is 15.2. The number of benzene rings is 2. The van der Waals surface area contributed by atoms with Crippen LogP contribution in [0.1, 0.15) is 22.3 Å². The number of amides is 2. The average molecular weight is 419 g/mol. The number of hydrogen-bond acceptors (Lipinski definition) is 3. The molecule has 0 aliphatic rings. The highest BCUT2D eigenvalue weighted by atomic mass is 35.5. The Balaban J connectivity index is 1.52. The fourth-order valence-corrected chi connectivity index (χ4v) is 2.81. The standard InChI is InChI=1S/C20H17ClF2N4O2/c21-16-4-2-1-3-13(16)12-27-18(7-10-25-27)26-19(28)8-9-24-20(29)15-6-5-14(22)11-17(15)23/h1-7,10-11H,8-9,12H2,(H,24,29)(H,26,28). The second kappa shape index (κ2) is 9.29. The molecule has 150 valence electrons. The first-order valence-electron chi connectivity index (χ1n) is 8.72. The molecule has 0 fully saturated rings. The fourth-order valence-electron chi connectivity index (χ4n) is 2.62. The molecule has 1 aromatic heterocycles. The van der Waals surface area contributed by atoms with Crippen LogP contribution in [0.3, 0.4) is 0 Å². The molecule has 3 aromatic rings. The highest BCUT2D eigenvalue weighted by Gasteiger charge is 2.13. The second-order valence-electron chi connectivity index (χ2n) is 6.14. The summed E-state index contributed by atoms with van der Waals surface area (Å²) in [6.07, 6.45) is 1.51. The lowest BCUT2D eigenvalue weighted by molar-refractivity contribution is -0.116. The van der Waals surface area contributed by atoms with E-state index in [9.17, 15) is 18.4 Å². The first-order valence-corrected chi connectivity index (χ1v) is 9.10. The van der Waals surface area contributed by atoms with Crippen LogP contribution in [0.5, 0.6) is 0 Å². The van der Waals surface area contributed by atoms with Gasteiger partial charge in [0.2, 0.25) is 5.91 Å². The van der Waals surface area contributed by atoms with Crippen LogP contribution in [-0.2, 0) is 11.3 Å². The van der Waals surface area contributed by atoms with E-state index in [0.717, 1.165) is 17.7 Å². The topological polar surface area (TPSA) is 76.0 Å². The Morgan fingerprint density at radius 2 is 1.90 bits per heavy atom. The largest absolute Gasteiger partial charge is 0.351 e. The Morgan fingerprint density at radius 1 is 1.10 bits per heavy atom. The zero-order chi connectivity index (χ0) is 20.8. The normalized spacial score (nSPS) is 10.6. The predicted octanol–water partition coefficient (Wildman–Crippen LogP) is 3.62. The van der Waals surface area contributed by atoms with Gasteiger partial charge in [0.05, 0.1) is 18.3 Å². The van der Waals surface area contributed by atoms with E-state index in [4.69, 9.17) is 11.6 Å². The molecule has 2 amide bonds. The molecular weight excluding hydrogens is 402 g/mol. The first kappa shape index (κ1) is 20.5. The number of nitrogens with zero attached hydrogens (tertiary/aromatic N) is 2. The van der Waals surface area contributed by atoms with E-state index < -0.39 is 17.5 Å². The summed E-state index contributed by atoms with van der Waals surface area (Å²) in [5, 5.41) is 9.90. The van der Waals surface area contributed by atoms with Gasteiger partial charge >= 0.3 is 0 Å². The van der Waals surface area contributed by atoms with Crippen LogP contribution in [0.15, 0.2) is 54.7 Å². The van der Waals surface area contributed by atoms with E-state index in [1.54, 1.807) is 23.0 Å². The third-order valence-electron chi connectivity index (χ3n) is 4.08. The van der Waals surface area contributed by atoms with Gasteiger partial charge in [-0.25, -0.2) is 13.5 Å². The van der Waals surface area contributed by atoms with Crippen molar-refractivity contribution < 1.29 is 18.4 Å². The highest BCUT2D eigenvalue weighted by Crippen LogP contribution is 2.18. The van der Waals surface area contributed by atoms with Crippen molar-refractivity contribution in [3.05, 3.63) is 82.5 Å². The summed E-state index contributed by atoms with van der Waals surface area (Å²) in [6, 6.07) is 11.6. The number of nitrogens with one attached hydrogen (secondary N) is 2. The van der Waals surface area contributed by atoms with Crippen LogP contribution in [0.25, 0.3) is 0 Å². The lowest BCUT2D eigenvalue weighted by Crippen LogP contribution is -2.28. The number of hydrogen-bond donors (Lipinski definition) is 2. The lowest BCUT2D eigenvalue weighted by Gasteiger charge is -2.10. The molecule has 1 heterocycles. The van der Waals surface area contributed by atoms with Gasteiger partial charge in [0, 0.05) is 30.1 Å². The van der Waals surface area contributed by atoms with E-state index in [1.807, 2.05) is 18.2 Å². The molecule has 3 rings (SSSR count). The number of aromatic nitrogens is 2. The van der Waals surface area contributed by atoms with Crippen LogP contribution in [0.2, 0.25) is 5.02 Å². The Morgan fingerprint density at radius 3 is 2.66 bits per heavy atom. The van der Waals surface area contributed by atoms with Crippen molar-refractivity contribution in [1.29, 1.82) is 0 Å². The molecule has 0 aliphatic heterocycles. The summed E-state index contributed by atoms with van der Waals surface area (Å²) < 4.78 is 28.1.